The molecule has 0 atom stereocenters. The van der Waals surface area contributed by atoms with Crippen LogP contribution >= 0.6 is 0 Å². The molecule has 0 fully saturated rings. The fraction of sp³-hybridized carbons (Fsp3) is 0.500. The van der Waals surface area contributed by atoms with Crippen LogP contribution in [0, 0.1) is 5.92 Å². The largest absolute Gasteiger partial charge is 0.268 e. The first-order valence-corrected chi connectivity index (χ1v) is 5.98. The average molecular weight is 220 g/mol. The number of hydrogen-bond acceptors (Lipinski definition) is 1. The molecule has 1 heterocycles. The van der Waals surface area contributed by atoms with Gasteiger partial charge in [0.2, 0.25) is 0 Å². The molecule has 2 rings (SSSR count). The van der Waals surface area contributed by atoms with Crippen molar-refractivity contribution >= 4 is 10.9 Å². The van der Waals surface area contributed by atoms with Crippen LogP contribution in [-0.4, -0.2) is 9.78 Å². The fourth-order valence-electron chi connectivity index (χ4n) is 1.10. The number of aryl methyl sites for hydroxylation is 1. The molecule has 0 unspecified atom stereocenters. The number of fused-ring (bicyclic) bond motifs is 1. The van der Waals surface area contributed by atoms with Gasteiger partial charge in [0.25, 0.3) is 0 Å². The maximum atomic E-state index is 4.11. The Hall–Kier alpha value is -1.31. The number of hydrogen-bond donors (Lipinski definition) is 0. The van der Waals surface area contributed by atoms with Crippen LogP contribution in [0.4, 0.5) is 0 Å². The molecule has 90 valence electrons. The first-order chi connectivity index (χ1) is 7.61. The van der Waals surface area contributed by atoms with Gasteiger partial charge in [-0.1, -0.05) is 52.8 Å². The molecule has 0 radical (unpaired) electrons. The van der Waals surface area contributed by atoms with E-state index in [1.165, 1.54) is 10.9 Å². The van der Waals surface area contributed by atoms with Crippen LogP contribution < -0.4 is 0 Å². The highest BCUT2D eigenvalue weighted by Crippen LogP contribution is 2.10. The van der Waals surface area contributed by atoms with Crippen molar-refractivity contribution in [2.24, 2.45) is 13.0 Å². The Morgan fingerprint density at radius 2 is 1.56 bits per heavy atom. The average Bonchev–Trinajstić information content (AvgIpc) is 2.64. The van der Waals surface area contributed by atoms with Crippen LogP contribution in [-0.2, 0) is 7.05 Å². The van der Waals surface area contributed by atoms with E-state index in [-0.39, 0.29) is 0 Å². The molecule has 0 saturated carbocycles. The Bertz CT molecular complexity index is 386. The Labute approximate surface area is 99.3 Å². The SMILES string of the molecule is CC.CC(C)C.Cn1ncc2ccccc21. The Morgan fingerprint density at radius 3 is 2.06 bits per heavy atom. The molecular weight excluding hydrogens is 196 g/mol. The van der Waals surface area contributed by atoms with Gasteiger partial charge in [-0.25, -0.2) is 0 Å². The third-order valence-corrected chi connectivity index (χ3v) is 1.66. The maximum Gasteiger partial charge on any atom is 0.0679 e. The van der Waals surface area contributed by atoms with Crippen molar-refractivity contribution < 1.29 is 0 Å². The second kappa shape index (κ2) is 7.91. The number of para-hydroxylation sites is 1. The van der Waals surface area contributed by atoms with Crippen molar-refractivity contribution in [2.45, 2.75) is 34.6 Å². The molecule has 0 aliphatic carbocycles. The van der Waals surface area contributed by atoms with Crippen molar-refractivity contribution in [1.82, 2.24) is 9.78 Å². The molecule has 1 aromatic carbocycles. The van der Waals surface area contributed by atoms with Gasteiger partial charge >= 0.3 is 0 Å². The van der Waals surface area contributed by atoms with Gasteiger partial charge in [0.15, 0.2) is 0 Å². The molecule has 1 aromatic heterocycles. The van der Waals surface area contributed by atoms with E-state index in [0.717, 1.165) is 5.92 Å². The first-order valence-electron chi connectivity index (χ1n) is 5.98. The van der Waals surface area contributed by atoms with Gasteiger partial charge in [-0.15, -0.1) is 0 Å². The van der Waals surface area contributed by atoms with E-state index in [1.54, 1.807) is 0 Å². The standard InChI is InChI=1S/C8H8N2.C4H10.C2H6/c1-10-8-5-3-2-4-7(8)6-9-10;1-4(2)3;1-2/h2-6H,1H3;4H,1-3H3;1-2H3. The van der Waals surface area contributed by atoms with Gasteiger partial charge < -0.3 is 0 Å². The molecule has 2 heteroatoms. The molecule has 0 spiro atoms. The summed E-state index contributed by atoms with van der Waals surface area (Å²) in [7, 11) is 1.95. The summed E-state index contributed by atoms with van der Waals surface area (Å²) in [5.74, 6) is 0.833. The highest BCUT2D eigenvalue weighted by molar-refractivity contribution is 5.78. The lowest BCUT2D eigenvalue weighted by molar-refractivity contribution is 0.737. The van der Waals surface area contributed by atoms with Gasteiger partial charge in [-0.05, 0) is 12.0 Å². The van der Waals surface area contributed by atoms with E-state index in [2.05, 4.69) is 38.0 Å². The van der Waals surface area contributed by atoms with Gasteiger partial charge in [-0.2, -0.15) is 5.10 Å². The quantitative estimate of drug-likeness (QED) is 0.648. The second-order valence-electron chi connectivity index (χ2n) is 4.06. The van der Waals surface area contributed by atoms with E-state index in [4.69, 9.17) is 0 Å². The van der Waals surface area contributed by atoms with Crippen molar-refractivity contribution in [3.05, 3.63) is 30.5 Å². The van der Waals surface area contributed by atoms with Gasteiger partial charge in [0.1, 0.15) is 0 Å². The first kappa shape index (κ1) is 14.7. The summed E-state index contributed by atoms with van der Waals surface area (Å²) >= 11 is 0. The second-order valence-corrected chi connectivity index (χ2v) is 4.06. The number of aromatic nitrogens is 2. The zero-order valence-electron chi connectivity index (χ0n) is 11.4. The molecule has 0 amide bonds. The van der Waals surface area contributed by atoms with Gasteiger partial charge in [-0.3, -0.25) is 4.68 Å². The van der Waals surface area contributed by atoms with E-state index in [9.17, 15) is 0 Å². The van der Waals surface area contributed by atoms with E-state index >= 15 is 0 Å². The van der Waals surface area contributed by atoms with Crippen LogP contribution in [0.25, 0.3) is 10.9 Å². The lowest BCUT2D eigenvalue weighted by Gasteiger charge is -1.90. The van der Waals surface area contributed by atoms with E-state index in [1.807, 2.05) is 43.9 Å². The Morgan fingerprint density at radius 1 is 1.06 bits per heavy atom. The van der Waals surface area contributed by atoms with E-state index < -0.39 is 0 Å². The molecule has 2 nitrogen and oxygen atoms in total. The monoisotopic (exact) mass is 220 g/mol. The van der Waals surface area contributed by atoms with Gasteiger partial charge in [0, 0.05) is 12.4 Å². The summed E-state index contributed by atoms with van der Waals surface area (Å²) in [6.07, 6.45) is 1.87. The van der Waals surface area contributed by atoms with Crippen molar-refractivity contribution in [2.75, 3.05) is 0 Å². The maximum absolute atomic E-state index is 4.11. The van der Waals surface area contributed by atoms with Crippen LogP contribution in [0.2, 0.25) is 0 Å². The van der Waals surface area contributed by atoms with Crippen molar-refractivity contribution in [3.8, 4) is 0 Å². The molecular formula is C14H24N2. The normalized spacial score (nSPS) is 9.19. The summed E-state index contributed by atoms with van der Waals surface area (Å²) in [5.41, 5.74) is 1.18. The predicted molar refractivity (Wildman–Crippen MR) is 72.6 cm³/mol. The number of rotatable bonds is 0. The van der Waals surface area contributed by atoms with Gasteiger partial charge in [0.05, 0.1) is 11.7 Å². The Kier molecular flexibility index (Phi) is 7.27. The zero-order valence-corrected chi connectivity index (χ0v) is 11.4. The molecule has 0 bridgehead atoms. The lowest BCUT2D eigenvalue weighted by Crippen LogP contribution is -1.87. The van der Waals surface area contributed by atoms with Crippen LogP contribution in [0.5, 0.6) is 0 Å². The summed E-state index contributed by atoms with van der Waals surface area (Å²) in [4.78, 5) is 0. The topological polar surface area (TPSA) is 17.8 Å². The molecule has 0 aliphatic rings. The van der Waals surface area contributed by atoms with Crippen molar-refractivity contribution in [3.63, 3.8) is 0 Å². The number of benzene rings is 1. The summed E-state index contributed by atoms with van der Waals surface area (Å²) in [6.45, 7) is 10.5. The summed E-state index contributed by atoms with van der Waals surface area (Å²) in [5, 5.41) is 5.31. The van der Waals surface area contributed by atoms with Crippen LogP contribution in [0.15, 0.2) is 30.5 Å². The molecule has 2 aromatic rings. The minimum absolute atomic E-state index is 0.833. The number of nitrogens with zero attached hydrogens (tertiary/aromatic N) is 2. The minimum Gasteiger partial charge on any atom is -0.268 e. The lowest BCUT2D eigenvalue weighted by atomic mass is 10.3. The predicted octanol–water partition coefficient (Wildman–Crippen LogP) is 4.26. The van der Waals surface area contributed by atoms with Crippen molar-refractivity contribution in [1.29, 1.82) is 0 Å². The smallest absolute Gasteiger partial charge is 0.0679 e. The van der Waals surface area contributed by atoms with Crippen LogP contribution in [0.1, 0.15) is 34.6 Å². The Balaban J connectivity index is 0.000000323. The molecule has 0 saturated heterocycles. The van der Waals surface area contributed by atoms with Crippen LogP contribution in [0.3, 0.4) is 0 Å². The fourth-order valence-corrected chi connectivity index (χ4v) is 1.10. The third-order valence-electron chi connectivity index (χ3n) is 1.66. The third kappa shape index (κ3) is 4.96. The zero-order chi connectivity index (χ0) is 12.6. The highest BCUT2D eigenvalue weighted by atomic mass is 15.2. The summed E-state index contributed by atoms with van der Waals surface area (Å²) in [6, 6.07) is 8.15. The summed E-state index contributed by atoms with van der Waals surface area (Å²) < 4.78 is 1.87. The molecule has 16 heavy (non-hydrogen) atoms. The molecule has 0 N–H and O–H groups in total. The minimum atomic E-state index is 0.833. The molecule has 0 aliphatic heterocycles. The highest BCUT2D eigenvalue weighted by Gasteiger charge is 1.93. The van der Waals surface area contributed by atoms with E-state index in [0.29, 0.717) is 0 Å².